The number of nitrogens with zero attached hydrogens (tertiary/aromatic N) is 2. The Morgan fingerprint density at radius 3 is 3.00 bits per heavy atom. The number of hydrazine groups is 1. The zero-order chi connectivity index (χ0) is 15.1. The first kappa shape index (κ1) is 15.6. The van der Waals surface area contributed by atoms with Gasteiger partial charge in [0.2, 0.25) is 5.96 Å². The van der Waals surface area contributed by atoms with Crippen molar-refractivity contribution in [1.29, 1.82) is 0 Å². The summed E-state index contributed by atoms with van der Waals surface area (Å²) in [7, 11) is 0. The Bertz CT molecular complexity index is 475. The highest BCUT2D eigenvalue weighted by atomic mass is 16.5. The summed E-state index contributed by atoms with van der Waals surface area (Å²) in [5.74, 6) is 7.75. The fraction of sp³-hybridized carbons (Fsp3) is 0.562. The second kappa shape index (κ2) is 7.88. The molecule has 0 fully saturated rings. The summed E-state index contributed by atoms with van der Waals surface area (Å²) in [6, 6.07) is 8.23. The van der Waals surface area contributed by atoms with Crippen LogP contribution in [0.4, 0.5) is 0 Å². The largest absolute Gasteiger partial charge is 0.488 e. The van der Waals surface area contributed by atoms with Gasteiger partial charge in [0.15, 0.2) is 0 Å². The van der Waals surface area contributed by atoms with Crippen LogP contribution in [0, 0.1) is 0 Å². The average molecular weight is 290 g/mol. The normalized spacial score (nSPS) is 17.9. The van der Waals surface area contributed by atoms with Gasteiger partial charge in [-0.1, -0.05) is 25.1 Å². The molecule has 0 aliphatic carbocycles. The Balaban J connectivity index is 1.96. The quantitative estimate of drug-likeness (QED) is 0.376. The van der Waals surface area contributed by atoms with Crippen LogP contribution in [0.25, 0.3) is 0 Å². The highest BCUT2D eigenvalue weighted by Gasteiger charge is 2.19. The number of para-hydroxylation sites is 1. The Morgan fingerprint density at radius 2 is 2.24 bits per heavy atom. The summed E-state index contributed by atoms with van der Waals surface area (Å²) in [6.45, 7) is 6.38. The number of rotatable bonds is 5. The molecule has 0 saturated carbocycles. The zero-order valence-corrected chi connectivity index (χ0v) is 13.0. The summed E-state index contributed by atoms with van der Waals surface area (Å²) < 4.78 is 6.01. The standard InChI is InChI=1S/C16H26N4O/c1-3-11-20(17)16(18-4-2)19-12-14-10-9-13-7-5-6-8-15(13)21-14/h5-8,14H,3-4,9-12,17H2,1-2H3,(H,18,19). The van der Waals surface area contributed by atoms with Crippen molar-refractivity contribution in [1.82, 2.24) is 10.3 Å². The maximum absolute atomic E-state index is 6.01. The molecule has 1 aliphatic heterocycles. The van der Waals surface area contributed by atoms with E-state index in [4.69, 9.17) is 10.6 Å². The van der Waals surface area contributed by atoms with E-state index in [0.717, 1.165) is 44.1 Å². The molecule has 3 N–H and O–H groups in total. The SMILES string of the molecule is CCCN(N)C(=NCC1CCc2ccccc2O1)NCC. The third-order valence-corrected chi connectivity index (χ3v) is 3.52. The van der Waals surface area contributed by atoms with Crippen LogP contribution >= 0.6 is 0 Å². The first-order valence-corrected chi connectivity index (χ1v) is 7.79. The van der Waals surface area contributed by atoms with E-state index < -0.39 is 0 Å². The molecule has 1 heterocycles. The molecule has 1 aromatic carbocycles. The second-order valence-electron chi connectivity index (χ2n) is 5.27. The van der Waals surface area contributed by atoms with Gasteiger partial charge in [0, 0.05) is 13.1 Å². The van der Waals surface area contributed by atoms with E-state index in [1.165, 1.54) is 5.56 Å². The molecular weight excluding hydrogens is 264 g/mol. The number of nitrogens with one attached hydrogen (secondary N) is 1. The van der Waals surface area contributed by atoms with Crippen molar-refractivity contribution in [2.75, 3.05) is 19.6 Å². The van der Waals surface area contributed by atoms with E-state index in [2.05, 4.69) is 29.4 Å². The van der Waals surface area contributed by atoms with E-state index in [-0.39, 0.29) is 6.10 Å². The molecule has 1 aromatic rings. The highest BCUT2D eigenvalue weighted by Crippen LogP contribution is 2.27. The third-order valence-electron chi connectivity index (χ3n) is 3.52. The minimum Gasteiger partial charge on any atom is -0.488 e. The third kappa shape index (κ3) is 4.36. The van der Waals surface area contributed by atoms with Crippen molar-refractivity contribution in [3.05, 3.63) is 29.8 Å². The zero-order valence-electron chi connectivity index (χ0n) is 13.0. The van der Waals surface area contributed by atoms with Crippen LogP contribution in [0.5, 0.6) is 5.75 Å². The molecule has 0 aromatic heterocycles. The van der Waals surface area contributed by atoms with Crippen LogP contribution in [-0.2, 0) is 6.42 Å². The smallest absolute Gasteiger partial charge is 0.208 e. The summed E-state index contributed by atoms with van der Waals surface area (Å²) in [6.07, 6.45) is 3.17. The number of hydrogen-bond donors (Lipinski definition) is 2. The molecule has 1 atom stereocenters. The fourth-order valence-electron chi connectivity index (χ4n) is 2.45. The number of guanidine groups is 1. The monoisotopic (exact) mass is 290 g/mol. The lowest BCUT2D eigenvalue weighted by Crippen LogP contribution is -2.46. The Kier molecular flexibility index (Phi) is 5.87. The molecule has 0 saturated heterocycles. The molecule has 1 unspecified atom stereocenters. The lowest BCUT2D eigenvalue weighted by atomic mass is 10.0. The van der Waals surface area contributed by atoms with Crippen LogP contribution in [0.15, 0.2) is 29.3 Å². The Labute approximate surface area is 127 Å². The number of hydrogen-bond acceptors (Lipinski definition) is 3. The average Bonchev–Trinajstić information content (AvgIpc) is 2.51. The first-order valence-electron chi connectivity index (χ1n) is 7.79. The predicted octanol–water partition coefficient (Wildman–Crippen LogP) is 1.93. The van der Waals surface area contributed by atoms with Crippen LogP contribution < -0.4 is 15.9 Å². The van der Waals surface area contributed by atoms with E-state index >= 15 is 0 Å². The molecular formula is C16H26N4O. The summed E-state index contributed by atoms with van der Waals surface area (Å²) >= 11 is 0. The summed E-state index contributed by atoms with van der Waals surface area (Å²) in [5.41, 5.74) is 1.29. The molecule has 0 bridgehead atoms. The topological polar surface area (TPSA) is 62.9 Å². The fourth-order valence-corrected chi connectivity index (χ4v) is 2.45. The number of ether oxygens (including phenoxy) is 1. The van der Waals surface area contributed by atoms with Crippen LogP contribution in [0.2, 0.25) is 0 Å². The number of aliphatic imine (C=N–C) groups is 1. The van der Waals surface area contributed by atoms with Gasteiger partial charge in [-0.05, 0) is 37.8 Å². The lowest BCUT2D eigenvalue weighted by molar-refractivity contribution is 0.181. The lowest BCUT2D eigenvalue weighted by Gasteiger charge is -2.26. The van der Waals surface area contributed by atoms with Gasteiger partial charge in [0.1, 0.15) is 11.9 Å². The molecule has 2 rings (SSSR count). The van der Waals surface area contributed by atoms with Gasteiger partial charge in [-0.15, -0.1) is 0 Å². The number of nitrogens with two attached hydrogens (primary N) is 1. The Morgan fingerprint density at radius 1 is 1.43 bits per heavy atom. The molecule has 116 valence electrons. The maximum Gasteiger partial charge on any atom is 0.208 e. The minimum atomic E-state index is 0.128. The van der Waals surface area contributed by atoms with Gasteiger partial charge >= 0.3 is 0 Å². The summed E-state index contributed by atoms with van der Waals surface area (Å²) in [5, 5.41) is 4.90. The van der Waals surface area contributed by atoms with Gasteiger partial charge < -0.3 is 10.1 Å². The van der Waals surface area contributed by atoms with Crippen LogP contribution in [0.3, 0.4) is 0 Å². The number of benzene rings is 1. The first-order chi connectivity index (χ1) is 10.2. The van der Waals surface area contributed by atoms with Crippen molar-refractivity contribution in [3.8, 4) is 5.75 Å². The molecule has 1 aliphatic rings. The molecule has 5 heteroatoms. The van der Waals surface area contributed by atoms with Crippen molar-refractivity contribution in [2.45, 2.75) is 39.2 Å². The van der Waals surface area contributed by atoms with Crippen molar-refractivity contribution < 1.29 is 4.74 Å². The Hall–Kier alpha value is -1.75. The van der Waals surface area contributed by atoms with Gasteiger partial charge in [-0.25, -0.2) is 10.8 Å². The molecule has 5 nitrogen and oxygen atoms in total. The second-order valence-corrected chi connectivity index (χ2v) is 5.27. The van der Waals surface area contributed by atoms with Crippen LogP contribution in [0.1, 0.15) is 32.3 Å². The maximum atomic E-state index is 6.01. The minimum absolute atomic E-state index is 0.128. The van der Waals surface area contributed by atoms with Crippen molar-refractivity contribution in [3.63, 3.8) is 0 Å². The van der Waals surface area contributed by atoms with Crippen molar-refractivity contribution in [2.24, 2.45) is 10.8 Å². The summed E-state index contributed by atoms with van der Waals surface area (Å²) in [4.78, 5) is 4.61. The molecule has 0 spiro atoms. The van der Waals surface area contributed by atoms with Crippen molar-refractivity contribution >= 4 is 5.96 Å². The van der Waals surface area contributed by atoms with Gasteiger partial charge in [0.25, 0.3) is 0 Å². The van der Waals surface area contributed by atoms with E-state index in [1.807, 2.05) is 19.1 Å². The van der Waals surface area contributed by atoms with Gasteiger partial charge in [0.05, 0.1) is 6.54 Å². The number of aryl methyl sites for hydroxylation is 1. The molecule has 21 heavy (non-hydrogen) atoms. The highest BCUT2D eigenvalue weighted by molar-refractivity contribution is 5.79. The van der Waals surface area contributed by atoms with E-state index in [1.54, 1.807) is 5.01 Å². The number of fused-ring (bicyclic) bond motifs is 1. The van der Waals surface area contributed by atoms with E-state index in [0.29, 0.717) is 6.54 Å². The van der Waals surface area contributed by atoms with E-state index in [9.17, 15) is 0 Å². The van der Waals surface area contributed by atoms with Gasteiger partial charge in [-0.2, -0.15) is 0 Å². The predicted molar refractivity (Wildman–Crippen MR) is 86.3 cm³/mol. The van der Waals surface area contributed by atoms with Gasteiger partial charge in [-0.3, -0.25) is 5.01 Å². The molecule has 0 amide bonds. The molecule has 0 radical (unpaired) electrons. The van der Waals surface area contributed by atoms with Crippen LogP contribution in [-0.4, -0.2) is 36.7 Å².